The second-order valence-electron chi connectivity index (χ2n) is 5.66. The average Bonchev–Trinajstić information content (AvgIpc) is 2.36. The standard InChI is InChI=1S/C13H19FN2O5S/c1-13(2)8-19-7-9(20-13)6-15-12-10(14)4-5-11(16-12)21-22(3,17)18/h4-5,9H,6-8H2,1-3H3,(H,15,16). The van der Waals surface area contributed by atoms with Crippen molar-refractivity contribution in [1.29, 1.82) is 0 Å². The molecule has 1 aliphatic heterocycles. The van der Waals surface area contributed by atoms with Gasteiger partial charge in [-0.15, -0.1) is 0 Å². The number of pyridine rings is 1. The van der Waals surface area contributed by atoms with Gasteiger partial charge in [0.1, 0.15) is 0 Å². The summed E-state index contributed by atoms with van der Waals surface area (Å²) < 4.78 is 51.7. The fourth-order valence-electron chi connectivity index (χ4n) is 2.02. The van der Waals surface area contributed by atoms with Crippen molar-refractivity contribution < 1.29 is 26.5 Å². The second-order valence-corrected chi connectivity index (χ2v) is 7.24. The number of rotatable bonds is 5. The molecule has 1 aromatic rings. The Morgan fingerprint density at radius 2 is 2.23 bits per heavy atom. The molecule has 0 bridgehead atoms. The van der Waals surface area contributed by atoms with Crippen molar-refractivity contribution in [3.05, 3.63) is 17.9 Å². The lowest BCUT2D eigenvalue weighted by atomic mass is 10.1. The fraction of sp³-hybridized carbons (Fsp3) is 0.615. The molecule has 0 amide bonds. The highest BCUT2D eigenvalue weighted by molar-refractivity contribution is 7.86. The molecule has 9 heteroatoms. The van der Waals surface area contributed by atoms with Crippen molar-refractivity contribution in [2.45, 2.75) is 25.6 Å². The highest BCUT2D eigenvalue weighted by atomic mass is 32.2. The molecule has 2 rings (SSSR count). The van der Waals surface area contributed by atoms with E-state index in [9.17, 15) is 12.8 Å². The summed E-state index contributed by atoms with van der Waals surface area (Å²) in [7, 11) is -3.72. The van der Waals surface area contributed by atoms with Gasteiger partial charge in [0, 0.05) is 12.6 Å². The molecule has 0 saturated carbocycles. The Hall–Kier alpha value is -1.45. The van der Waals surface area contributed by atoms with Crippen LogP contribution in [0.4, 0.5) is 10.2 Å². The van der Waals surface area contributed by atoms with Crippen LogP contribution in [-0.2, 0) is 19.6 Å². The molecule has 1 aromatic heterocycles. The molecule has 1 N–H and O–H groups in total. The Labute approximate surface area is 128 Å². The van der Waals surface area contributed by atoms with Crippen LogP contribution in [0.1, 0.15) is 13.8 Å². The first-order valence-corrected chi connectivity index (χ1v) is 8.52. The molecular weight excluding hydrogens is 315 g/mol. The molecule has 2 heterocycles. The largest absolute Gasteiger partial charge is 0.376 e. The van der Waals surface area contributed by atoms with Crippen molar-refractivity contribution in [3.8, 4) is 5.88 Å². The van der Waals surface area contributed by atoms with Crippen LogP contribution in [0.5, 0.6) is 5.88 Å². The summed E-state index contributed by atoms with van der Waals surface area (Å²) in [5, 5.41) is 2.78. The van der Waals surface area contributed by atoms with Crippen LogP contribution in [0.15, 0.2) is 12.1 Å². The third-order valence-corrected chi connectivity index (χ3v) is 3.27. The van der Waals surface area contributed by atoms with Crippen LogP contribution in [-0.4, -0.2) is 51.1 Å². The third-order valence-electron chi connectivity index (χ3n) is 2.79. The number of ether oxygens (including phenoxy) is 2. The highest BCUT2D eigenvalue weighted by Gasteiger charge is 2.29. The minimum atomic E-state index is -3.72. The molecule has 1 saturated heterocycles. The van der Waals surface area contributed by atoms with Crippen molar-refractivity contribution in [1.82, 2.24) is 4.98 Å². The number of hydrogen-bond donors (Lipinski definition) is 1. The van der Waals surface area contributed by atoms with E-state index in [4.69, 9.17) is 9.47 Å². The van der Waals surface area contributed by atoms with E-state index in [1.165, 1.54) is 0 Å². The summed E-state index contributed by atoms with van der Waals surface area (Å²) >= 11 is 0. The molecule has 0 radical (unpaired) electrons. The predicted molar refractivity (Wildman–Crippen MR) is 77.9 cm³/mol. The zero-order valence-corrected chi connectivity index (χ0v) is 13.4. The van der Waals surface area contributed by atoms with E-state index in [1.807, 2.05) is 13.8 Å². The minimum Gasteiger partial charge on any atom is -0.376 e. The number of nitrogens with one attached hydrogen (secondary N) is 1. The van der Waals surface area contributed by atoms with Gasteiger partial charge in [-0.25, -0.2) is 4.39 Å². The molecule has 1 atom stereocenters. The van der Waals surface area contributed by atoms with Crippen LogP contribution in [0.2, 0.25) is 0 Å². The lowest BCUT2D eigenvalue weighted by Gasteiger charge is -2.36. The van der Waals surface area contributed by atoms with Crippen molar-refractivity contribution >= 4 is 15.9 Å². The van der Waals surface area contributed by atoms with Gasteiger partial charge in [-0.05, 0) is 19.9 Å². The molecule has 1 aliphatic rings. The maximum atomic E-state index is 13.7. The molecule has 0 spiro atoms. The second kappa shape index (κ2) is 6.35. The van der Waals surface area contributed by atoms with Crippen LogP contribution >= 0.6 is 0 Å². The summed E-state index contributed by atoms with van der Waals surface area (Å²) in [5.41, 5.74) is -0.405. The Kier molecular flexibility index (Phi) is 4.88. The van der Waals surface area contributed by atoms with Gasteiger partial charge in [-0.2, -0.15) is 13.4 Å². The molecule has 124 valence electrons. The number of halogens is 1. The van der Waals surface area contributed by atoms with E-state index < -0.39 is 21.5 Å². The monoisotopic (exact) mass is 334 g/mol. The van der Waals surface area contributed by atoms with Gasteiger partial charge >= 0.3 is 10.1 Å². The van der Waals surface area contributed by atoms with E-state index >= 15 is 0 Å². The predicted octanol–water partition coefficient (Wildman–Crippen LogP) is 1.16. The maximum absolute atomic E-state index is 13.7. The number of anilines is 1. The normalized spacial score (nSPS) is 21.4. The third kappa shape index (κ3) is 5.08. The summed E-state index contributed by atoms with van der Waals surface area (Å²) in [6.07, 6.45) is 0.630. The molecule has 1 unspecified atom stereocenters. The summed E-state index contributed by atoms with van der Waals surface area (Å²) in [4.78, 5) is 3.79. The topological polar surface area (TPSA) is 86.8 Å². The van der Waals surface area contributed by atoms with E-state index in [0.29, 0.717) is 13.2 Å². The highest BCUT2D eigenvalue weighted by Crippen LogP contribution is 2.21. The maximum Gasteiger partial charge on any atom is 0.307 e. The van der Waals surface area contributed by atoms with Gasteiger partial charge in [0.25, 0.3) is 0 Å². The Morgan fingerprint density at radius 1 is 1.50 bits per heavy atom. The van der Waals surface area contributed by atoms with E-state index in [1.54, 1.807) is 0 Å². The van der Waals surface area contributed by atoms with Crippen LogP contribution in [0, 0.1) is 5.82 Å². The quantitative estimate of drug-likeness (QED) is 0.809. The summed E-state index contributed by atoms with van der Waals surface area (Å²) in [6.45, 7) is 4.96. The van der Waals surface area contributed by atoms with Crippen molar-refractivity contribution in [3.63, 3.8) is 0 Å². The number of hydrogen-bond acceptors (Lipinski definition) is 7. The molecule has 0 aromatic carbocycles. The molecule has 1 fully saturated rings. The van der Waals surface area contributed by atoms with Gasteiger partial charge in [0.2, 0.25) is 5.88 Å². The van der Waals surface area contributed by atoms with E-state index in [2.05, 4.69) is 14.5 Å². The first-order chi connectivity index (χ1) is 10.1. The first-order valence-electron chi connectivity index (χ1n) is 6.70. The summed E-state index contributed by atoms with van der Waals surface area (Å²) in [6, 6.07) is 2.23. The molecule has 22 heavy (non-hydrogen) atoms. The lowest BCUT2D eigenvalue weighted by Crippen LogP contribution is -2.45. The van der Waals surface area contributed by atoms with Gasteiger partial charge in [0.05, 0.1) is 31.2 Å². The van der Waals surface area contributed by atoms with Crippen molar-refractivity contribution in [2.24, 2.45) is 0 Å². The van der Waals surface area contributed by atoms with Crippen LogP contribution in [0.3, 0.4) is 0 Å². The van der Waals surface area contributed by atoms with Gasteiger partial charge in [0.15, 0.2) is 11.6 Å². The number of nitrogens with zero attached hydrogens (tertiary/aromatic N) is 1. The zero-order valence-electron chi connectivity index (χ0n) is 12.6. The number of aromatic nitrogens is 1. The van der Waals surface area contributed by atoms with Crippen LogP contribution in [0.25, 0.3) is 0 Å². The fourth-order valence-corrected chi connectivity index (χ4v) is 2.42. The zero-order chi connectivity index (χ0) is 16.4. The SMILES string of the molecule is CC1(C)COCC(CNc2nc(OS(C)(=O)=O)ccc2F)O1. The van der Waals surface area contributed by atoms with E-state index in [-0.39, 0.29) is 24.3 Å². The molecule has 0 aliphatic carbocycles. The lowest BCUT2D eigenvalue weighted by molar-refractivity contribution is -0.177. The Morgan fingerprint density at radius 3 is 2.86 bits per heavy atom. The average molecular weight is 334 g/mol. The van der Waals surface area contributed by atoms with Gasteiger partial charge in [-0.1, -0.05) is 0 Å². The van der Waals surface area contributed by atoms with Gasteiger partial charge < -0.3 is 19.0 Å². The minimum absolute atomic E-state index is 0.104. The van der Waals surface area contributed by atoms with Crippen LogP contribution < -0.4 is 9.50 Å². The smallest absolute Gasteiger partial charge is 0.307 e. The Bertz CT molecular complexity index is 635. The van der Waals surface area contributed by atoms with E-state index in [0.717, 1.165) is 18.4 Å². The van der Waals surface area contributed by atoms with Crippen molar-refractivity contribution in [2.75, 3.05) is 31.3 Å². The molecule has 7 nitrogen and oxygen atoms in total. The first kappa shape index (κ1) is 16.9. The van der Waals surface area contributed by atoms with Gasteiger partial charge in [-0.3, -0.25) is 0 Å². The molecular formula is C13H19FN2O5S. The summed E-state index contributed by atoms with van der Waals surface area (Å²) in [5.74, 6) is -0.919. The Balaban J connectivity index is 2.01.